The van der Waals surface area contributed by atoms with Gasteiger partial charge in [0.15, 0.2) is 0 Å². The molecule has 0 saturated heterocycles. The average Bonchev–Trinajstić information content (AvgIpc) is 2.39. The number of rotatable bonds is 8. The smallest absolute Gasteiger partial charge is 0.323 e. The van der Waals surface area contributed by atoms with Gasteiger partial charge in [-0.05, 0) is 45.6 Å². The molecule has 0 bridgehead atoms. The molecule has 3 unspecified atom stereocenters. The first-order chi connectivity index (χ1) is 9.01. The molecular weight excluding hydrogens is 246 g/mol. The van der Waals surface area contributed by atoms with Crippen molar-refractivity contribution >= 4 is 5.97 Å². The van der Waals surface area contributed by atoms with E-state index in [1.165, 1.54) is 0 Å². The highest BCUT2D eigenvalue weighted by molar-refractivity contribution is 5.78. The highest BCUT2D eigenvalue weighted by atomic mass is 16.5. The molecule has 0 aromatic rings. The quantitative estimate of drug-likeness (QED) is 0.706. The molecule has 0 aromatic heterocycles. The second kappa shape index (κ2) is 7.82. The van der Waals surface area contributed by atoms with Crippen molar-refractivity contribution < 1.29 is 19.4 Å². The van der Waals surface area contributed by atoms with Gasteiger partial charge in [-0.25, -0.2) is 0 Å². The first-order valence-electron chi connectivity index (χ1n) is 7.14. The summed E-state index contributed by atoms with van der Waals surface area (Å²) in [5.41, 5.74) is -0.899. The van der Waals surface area contributed by atoms with Crippen LogP contribution in [0.3, 0.4) is 0 Å². The Kier molecular flexibility index (Phi) is 6.75. The van der Waals surface area contributed by atoms with Crippen LogP contribution in [0.5, 0.6) is 0 Å². The maximum atomic E-state index is 11.3. The minimum absolute atomic E-state index is 0.207. The van der Waals surface area contributed by atoms with Gasteiger partial charge < -0.3 is 19.9 Å². The van der Waals surface area contributed by atoms with Gasteiger partial charge in [-0.2, -0.15) is 0 Å². The molecule has 0 aliphatic heterocycles. The molecule has 0 radical (unpaired) electrons. The van der Waals surface area contributed by atoms with Crippen LogP contribution in [0.2, 0.25) is 0 Å². The summed E-state index contributed by atoms with van der Waals surface area (Å²) in [5.74, 6) is -0.823. The Balaban J connectivity index is 2.33. The Bertz CT molecular complexity index is 285. The Morgan fingerprint density at radius 3 is 2.68 bits per heavy atom. The number of carboxylic acids is 1. The topological polar surface area (TPSA) is 67.8 Å². The molecule has 5 heteroatoms. The second-order valence-electron chi connectivity index (χ2n) is 5.43. The summed E-state index contributed by atoms with van der Waals surface area (Å²) in [4.78, 5) is 11.3. The summed E-state index contributed by atoms with van der Waals surface area (Å²) in [7, 11) is 1.74. The number of carbonyl (C=O) groups is 1. The summed E-state index contributed by atoms with van der Waals surface area (Å²) in [6.07, 6.45) is 5.15. The van der Waals surface area contributed by atoms with E-state index in [1.54, 1.807) is 14.0 Å². The van der Waals surface area contributed by atoms with E-state index in [2.05, 4.69) is 5.32 Å². The van der Waals surface area contributed by atoms with E-state index in [0.717, 1.165) is 25.7 Å². The van der Waals surface area contributed by atoms with Crippen LogP contribution in [0, 0.1) is 0 Å². The predicted octanol–water partition coefficient (Wildman–Crippen LogP) is 1.80. The van der Waals surface area contributed by atoms with Gasteiger partial charge in [0.2, 0.25) is 0 Å². The molecule has 19 heavy (non-hydrogen) atoms. The van der Waals surface area contributed by atoms with Crippen molar-refractivity contribution in [3.05, 3.63) is 0 Å². The van der Waals surface area contributed by atoms with Crippen molar-refractivity contribution in [3.8, 4) is 0 Å². The first-order valence-corrected chi connectivity index (χ1v) is 7.14. The largest absolute Gasteiger partial charge is 0.480 e. The van der Waals surface area contributed by atoms with Crippen LogP contribution in [-0.4, -0.2) is 49.1 Å². The van der Waals surface area contributed by atoms with Crippen molar-refractivity contribution in [1.82, 2.24) is 5.32 Å². The standard InChI is InChI=1S/C14H27NO4/c1-4-15-14(2,13(16)17)8-9-19-12-7-5-6-11(10-12)18-3/h11-12,15H,4-10H2,1-3H3,(H,16,17). The number of nitrogens with one attached hydrogen (secondary N) is 1. The van der Waals surface area contributed by atoms with Crippen LogP contribution >= 0.6 is 0 Å². The van der Waals surface area contributed by atoms with Crippen molar-refractivity contribution in [1.29, 1.82) is 0 Å². The van der Waals surface area contributed by atoms with Crippen LogP contribution in [0.1, 0.15) is 46.0 Å². The van der Waals surface area contributed by atoms with Crippen LogP contribution in [-0.2, 0) is 14.3 Å². The zero-order valence-electron chi connectivity index (χ0n) is 12.3. The normalized spacial score (nSPS) is 26.9. The monoisotopic (exact) mass is 273 g/mol. The fourth-order valence-electron chi connectivity index (χ4n) is 2.56. The number of hydrogen-bond donors (Lipinski definition) is 2. The van der Waals surface area contributed by atoms with Crippen LogP contribution in [0.25, 0.3) is 0 Å². The van der Waals surface area contributed by atoms with Gasteiger partial charge in [-0.1, -0.05) is 6.92 Å². The summed E-state index contributed by atoms with van der Waals surface area (Å²) in [5, 5.41) is 12.3. The van der Waals surface area contributed by atoms with Gasteiger partial charge in [0.25, 0.3) is 0 Å². The van der Waals surface area contributed by atoms with Gasteiger partial charge >= 0.3 is 5.97 Å². The summed E-state index contributed by atoms with van der Waals surface area (Å²) < 4.78 is 11.2. The number of hydrogen-bond acceptors (Lipinski definition) is 4. The zero-order chi connectivity index (χ0) is 14.3. The molecule has 1 saturated carbocycles. The van der Waals surface area contributed by atoms with Gasteiger partial charge in [-0.15, -0.1) is 0 Å². The predicted molar refractivity (Wildman–Crippen MR) is 73.3 cm³/mol. The van der Waals surface area contributed by atoms with E-state index < -0.39 is 11.5 Å². The van der Waals surface area contributed by atoms with E-state index in [4.69, 9.17) is 9.47 Å². The Labute approximate surface area is 115 Å². The van der Waals surface area contributed by atoms with E-state index >= 15 is 0 Å². The minimum Gasteiger partial charge on any atom is -0.480 e. The van der Waals surface area contributed by atoms with Crippen molar-refractivity contribution in [2.24, 2.45) is 0 Å². The third-order valence-electron chi connectivity index (χ3n) is 3.91. The van der Waals surface area contributed by atoms with Crippen molar-refractivity contribution in [3.63, 3.8) is 0 Å². The minimum atomic E-state index is -0.899. The molecule has 1 aliphatic rings. The molecule has 112 valence electrons. The van der Waals surface area contributed by atoms with Crippen molar-refractivity contribution in [2.45, 2.75) is 63.7 Å². The SMILES string of the molecule is CCNC(C)(CCOC1CCCC(OC)C1)C(=O)O. The summed E-state index contributed by atoms with van der Waals surface area (Å²) >= 11 is 0. The number of ether oxygens (including phenoxy) is 2. The maximum absolute atomic E-state index is 11.3. The first kappa shape index (κ1) is 16.4. The lowest BCUT2D eigenvalue weighted by molar-refractivity contribution is -0.145. The molecule has 1 aliphatic carbocycles. The molecule has 1 fully saturated rings. The number of methoxy groups -OCH3 is 1. The molecule has 0 heterocycles. The fraction of sp³-hybridized carbons (Fsp3) is 0.929. The third-order valence-corrected chi connectivity index (χ3v) is 3.91. The van der Waals surface area contributed by atoms with Crippen LogP contribution < -0.4 is 5.32 Å². The average molecular weight is 273 g/mol. The van der Waals surface area contributed by atoms with E-state index in [9.17, 15) is 9.90 Å². The molecular formula is C14H27NO4. The molecule has 2 N–H and O–H groups in total. The van der Waals surface area contributed by atoms with Gasteiger partial charge in [0.05, 0.1) is 12.2 Å². The summed E-state index contributed by atoms with van der Waals surface area (Å²) in [6, 6.07) is 0. The van der Waals surface area contributed by atoms with Crippen molar-refractivity contribution in [2.75, 3.05) is 20.3 Å². The lowest BCUT2D eigenvalue weighted by Gasteiger charge is -2.30. The Hall–Kier alpha value is -0.650. The van der Waals surface area contributed by atoms with E-state index in [-0.39, 0.29) is 6.10 Å². The number of aliphatic carboxylic acids is 1. The van der Waals surface area contributed by atoms with Gasteiger partial charge in [-0.3, -0.25) is 4.79 Å². The molecule has 0 spiro atoms. The van der Waals surface area contributed by atoms with Crippen LogP contribution in [0.4, 0.5) is 0 Å². The van der Waals surface area contributed by atoms with Gasteiger partial charge in [0.1, 0.15) is 5.54 Å². The number of carboxylic acid groups (broad SMARTS) is 1. The van der Waals surface area contributed by atoms with Crippen LogP contribution in [0.15, 0.2) is 0 Å². The van der Waals surface area contributed by atoms with Gasteiger partial charge in [0, 0.05) is 13.7 Å². The lowest BCUT2D eigenvalue weighted by Crippen LogP contribution is -2.50. The van der Waals surface area contributed by atoms with E-state index in [0.29, 0.717) is 25.7 Å². The lowest BCUT2D eigenvalue weighted by atomic mass is 9.94. The molecule has 0 aromatic carbocycles. The van der Waals surface area contributed by atoms with E-state index in [1.807, 2.05) is 6.92 Å². The Morgan fingerprint density at radius 2 is 2.11 bits per heavy atom. The Morgan fingerprint density at radius 1 is 1.42 bits per heavy atom. The molecule has 5 nitrogen and oxygen atoms in total. The highest BCUT2D eigenvalue weighted by Crippen LogP contribution is 2.23. The molecule has 3 atom stereocenters. The third kappa shape index (κ3) is 5.09. The fourth-order valence-corrected chi connectivity index (χ4v) is 2.56. The maximum Gasteiger partial charge on any atom is 0.323 e. The highest BCUT2D eigenvalue weighted by Gasteiger charge is 2.32. The molecule has 0 amide bonds. The second-order valence-corrected chi connectivity index (χ2v) is 5.43. The summed E-state index contributed by atoms with van der Waals surface area (Å²) in [6.45, 7) is 4.72. The zero-order valence-corrected chi connectivity index (χ0v) is 12.3. The molecule has 1 rings (SSSR count). The number of likely N-dealkylation sites (N-methyl/N-ethyl adjacent to an activating group) is 1.